The number of rotatable bonds is 2. The summed E-state index contributed by atoms with van der Waals surface area (Å²) in [6.07, 6.45) is 2.48. The number of aryl methyl sites for hydroxylation is 1. The maximum atomic E-state index is 13.4. The zero-order valence-electron chi connectivity index (χ0n) is 11.8. The van der Waals surface area contributed by atoms with Gasteiger partial charge in [-0.25, -0.2) is 4.39 Å². The summed E-state index contributed by atoms with van der Waals surface area (Å²) in [4.78, 5) is 12.0. The van der Waals surface area contributed by atoms with Crippen LogP contribution in [0.1, 0.15) is 53.1 Å². The zero-order chi connectivity index (χ0) is 14.3. The lowest BCUT2D eigenvalue weighted by Crippen LogP contribution is -2.17. The Kier molecular flexibility index (Phi) is 3.20. The van der Waals surface area contributed by atoms with E-state index >= 15 is 0 Å². The summed E-state index contributed by atoms with van der Waals surface area (Å²) in [5.41, 5.74) is 3.97. The number of aromatic nitrogens is 1. The lowest BCUT2D eigenvalue weighted by Gasteiger charge is -2.22. The van der Waals surface area contributed by atoms with Crippen molar-refractivity contribution in [3.8, 4) is 0 Å². The highest BCUT2D eigenvalue weighted by atomic mass is 19.1. The average molecular weight is 271 g/mol. The number of carbonyl (C=O) groups excluding carboxylic acids is 1. The topological polar surface area (TPSA) is 22.0 Å². The molecule has 0 amide bonds. The van der Waals surface area contributed by atoms with Gasteiger partial charge < -0.3 is 4.57 Å². The number of hydrogen-bond donors (Lipinski definition) is 0. The van der Waals surface area contributed by atoms with Crippen LogP contribution in [-0.2, 0) is 6.42 Å². The average Bonchev–Trinajstić information content (AvgIpc) is 2.76. The van der Waals surface area contributed by atoms with Crippen LogP contribution in [0.5, 0.6) is 0 Å². The molecule has 3 heteroatoms. The molecular formula is C17H18FNO. The molecule has 0 bridgehead atoms. The van der Waals surface area contributed by atoms with Crippen molar-refractivity contribution in [3.63, 3.8) is 0 Å². The van der Waals surface area contributed by atoms with Crippen molar-refractivity contribution in [2.75, 3.05) is 0 Å². The van der Waals surface area contributed by atoms with Gasteiger partial charge in [-0.1, -0.05) is 12.1 Å². The van der Waals surface area contributed by atoms with E-state index in [1.165, 1.54) is 6.07 Å². The highest BCUT2D eigenvalue weighted by Gasteiger charge is 2.25. The van der Waals surface area contributed by atoms with Gasteiger partial charge >= 0.3 is 0 Å². The normalized spacial score (nSPS) is 16.1. The smallest absolute Gasteiger partial charge is 0.164 e. The second-order valence-corrected chi connectivity index (χ2v) is 5.52. The first-order chi connectivity index (χ1) is 9.58. The van der Waals surface area contributed by atoms with E-state index < -0.39 is 0 Å². The lowest BCUT2D eigenvalue weighted by atomic mass is 9.96. The fraction of sp³-hybridized carbons (Fsp3) is 0.353. The number of hydrogen-bond acceptors (Lipinski definition) is 1. The molecule has 2 nitrogen and oxygen atoms in total. The van der Waals surface area contributed by atoms with Gasteiger partial charge in [0.15, 0.2) is 5.78 Å². The quantitative estimate of drug-likeness (QED) is 0.807. The van der Waals surface area contributed by atoms with Gasteiger partial charge in [0, 0.05) is 23.4 Å². The van der Waals surface area contributed by atoms with E-state index in [2.05, 4.69) is 11.5 Å². The molecule has 1 aromatic heterocycles. The Labute approximate surface area is 118 Å². The molecular weight excluding hydrogens is 253 g/mol. The number of nitrogens with zero attached hydrogens (tertiary/aromatic N) is 1. The Hall–Kier alpha value is -1.90. The number of benzene rings is 1. The zero-order valence-corrected chi connectivity index (χ0v) is 11.8. The number of fused-ring (bicyclic) bond motifs is 1. The van der Waals surface area contributed by atoms with Gasteiger partial charge in [-0.3, -0.25) is 4.79 Å². The Morgan fingerprint density at radius 1 is 1.25 bits per heavy atom. The van der Waals surface area contributed by atoms with Crippen molar-refractivity contribution < 1.29 is 9.18 Å². The molecule has 0 radical (unpaired) electrons. The van der Waals surface area contributed by atoms with Crippen LogP contribution in [0.4, 0.5) is 4.39 Å². The van der Waals surface area contributed by atoms with Gasteiger partial charge in [-0.2, -0.15) is 0 Å². The van der Waals surface area contributed by atoms with Gasteiger partial charge in [0.2, 0.25) is 0 Å². The van der Waals surface area contributed by atoms with Crippen LogP contribution in [0.2, 0.25) is 0 Å². The number of halogens is 1. The predicted molar refractivity (Wildman–Crippen MR) is 76.7 cm³/mol. The fourth-order valence-corrected chi connectivity index (χ4v) is 3.21. The van der Waals surface area contributed by atoms with Crippen molar-refractivity contribution in [2.45, 2.75) is 39.2 Å². The van der Waals surface area contributed by atoms with E-state index in [0.29, 0.717) is 6.42 Å². The van der Waals surface area contributed by atoms with Crippen molar-refractivity contribution >= 4 is 5.78 Å². The summed E-state index contributed by atoms with van der Waals surface area (Å²) < 4.78 is 15.6. The number of Topliss-reactive ketones (excluding diaryl/α,β-unsaturated/α-hetero) is 1. The second kappa shape index (κ2) is 4.89. The molecule has 0 aliphatic heterocycles. The van der Waals surface area contributed by atoms with Crippen LogP contribution in [0, 0.1) is 12.7 Å². The van der Waals surface area contributed by atoms with E-state index in [4.69, 9.17) is 0 Å². The molecule has 0 fully saturated rings. The summed E-state index contributed by atoms with van der Waals surface area (Å²) in [5, 5.41) is 0. The molecule has 1 aliphatic rings. The van der Waals surface area contributed by atoms with Crippen LogP contribution >= 0.6 is 0 Å². The SMILES string of the molecule is Cc1cc2c(n1C(C)c1cccc(F)c1)CCCC2=O. The van der Waals surface area contributed by atoms with Crippen molar-refractivity contribution in [1.29, 1.82) is 0 Å². The first-order valence-corrected chi connectivity index (χ1v) is 7.07. The van der Waals surface area contributed by atoms with E-state index in [1.807, 2.05) is 19.1 Å². The Morgan fingerprint density at radius 2 is 2.05 bits per heavy atom. The molecule has 0 N–H and O–H groups in total. The molecule has 104 valence electrons. The summed E-state index contributed by atoms with van der Waals surface area (Å²) in [5.74, 6) is 0.0173. The standard InChI is InChI=1S/C17H18FNO/c1-11-9-15-16(7-4-8-17(15)20)19(11)12(2)13-5-3-6-14(18)10-13/h3,5-6,9-10,12H,4,7-8H2,1-2H3. The van der Waals surface area contributed by atoms with Gasteiger partial charge in [-0.15, -0.1) is 0 Å². The molecule has 2 aromatic rings. The van der Waals surface area contributed by atoms with Crippen LogP contribution in [0.3, 0.4) is 0 Å². The summed E-state index contributed by atoms with van der Waals surface area (Å²) in [7, 11) is 0. The van der Waals surface area contributed by atoms with E-state index in [0.717, 1.165) is 35.4 Å². The number of ketones is 1. The first-order valence-electron chi connectivity index (χ1n) is 7.07. The van der Waals surface area contributed by atoms with Gasteiger partial charge in [-0.05, 0) is 50.5 Å². The van der Waals surface area contributed by atoms with Crippen LogP contribution in [0.15, 0.2) is 30.3 Å². The second-order valence-electron chi connectivity index (χ2n) is 5.52. The van der Waals surface area contributed by atoms with Crippen molar-refractivity contribution in [2.24, 2.45) is 0 Å². The van der Waals surface area contributed by atoms with Gasteiger partial charge in [0.25, 0.3) is 0 Å². The maximum absolute atomic E-state index is 13.4. The Bertz CT molecular complexity index is 672. The molecule has 1 unspecified atom stereocenters. The number of carbonyl (C=O) groups is 1. The Morgan fingerprint density at radius 3 is 2.80 bits per heavy atom. The molecule has 1 atom stereocenters. The molecule has 0 saturated carbocycles. The highest BCUT2D eigenvalue weighted by molar-refractivity contribution is 5.98. The summed E-state index contributed by atoms with van der Waals surface area (Å²) in [6, 6.07) is 8.72. The minimum absolute atomic E-state index is 0.0420. The molecule has 1 aliphatic carbocycles. The monoisotopic (exact) mass is 271 g/mol. The molecule has 20 heavy (non-hydrogen) atoms. The summed E-state index contributed by atoms with van der Waals surface area (Å²) in [6.45, 7) is 4.07. The highest BCUT2D eigenvalue weighted by Crippen LogP contribution is 2.30. The molecule has 1 heterocycles. The van der Waals surface area contributed by atoms with Gasteiger partial charge in [0.1, 0.15) is 5.82 Å². The maximum Gasteiger partial charge on any atom is 0.164 e. The minimum atomic E-state index is -0.218. The third kappa shape index (κ3) is 2.07. The molecule has 0 saturated heterocycles. The third-order valence-corrected chi connectivity index (χ3v) is 4.17. The van der Waals surface area contributed by atoms with E-state index in [1.54, 1.807) is 12.1 Å². The first kappa shape index (κ1) is 13.1. The van der Waals surface area contributed by atoms with Crippen molar-refractivity contribution in [1.82, 2.24) is 4.57 Å². The van der Waals surface area contributed by atoms with Crippen molar-refractivity contribution in [3.05, 3.63) is 58.7 Å². The van der Waals surface area contributed by atoms with E-state index in [-0.39, 0.29) is 17.6 Å². The molecule has 1 aromatic carbocycles. The Balaban J connectivity index is 2.08. The molecule has 3 rings (SSSR count). The van der Waals surface area contributed by atoms with Gasteiger partial charge in [0.05, 0.1) is 6.04 Å². The summed E-state index contributed by atoms with van der Waals surface area (Å²) >= 11 is 0. The fourth-order valence-electron chi connectivity index (χ4n) is 3.21. The predicted octanol–water partition coefficient (Wildman–Crippen LogP) is 4.06. The third-order valence-electron chi connectivity index (χ3n) is 4.17. The van der Waals surface area contributed by atoms with Crippen LogP contribution < -0.4 is 0 Å². The molecule has 0 spiro atoms. The lowest BCUT2D eigenvalue weighted by molar-refractivity contribution is 0.0971. The minimum Gasteiger partial charge on any atom is -0.341 e. The van der Waals surface area contributed by atoms with Crippen LogP contribution in [0.25, 0.3) is 0 Å². The van der Waals surface area contributed by atoms with E-state index in [9.17, 15) is 9.18 Å². The largest absolute Gasteiger partial charge is 0.341 e. The van der Waals surface area contributed by atoms with Crippen LogP contribution in [-0.4, -0.2) is 10.4 Å².